The number of nitrogens with one attached hydrogen (secondary N) is 1. The van der Waals surface area contributed by atoms with E-state index in [1.165, 1.54) is 0 Å². The molecule has 0 aliphatic carbocycles. The van der Waals surface area contributed by atoms with Gasteiger partial charge in [0.15, 0.2) is 0 Å². The molecule has 0 atom stereocenters. The molecule has 0 spiro atoms. The van der Waals surface area contributed by atoms with E-state index in [4.69, 9.17) is 40.1 Å². The van der Waals surface area contributed by atoms with E-state index in [1.807, 2.05) is 19.9 Å². The van der Waals surface area contributed by atoms with Crippen LogP contribution in [0.3, 0.4) is 0 Å². The molecule has 0 radical (unpaired) electrons. The van der Waals surface area contributed by atoms with E-state index in [0.29, 0.717) is 32.7 Å². The molecule has 0 aliphatic rings. The van der Waals surface area contributed by atoms with Gasteiger partial charge in [0.1, 0.15) is 0 Å². The topological polar surface area (TPSA) is 88.2 Å². The Labute approximate surface area is 154 Å². The number of anilines is 2. The van der Waals surface area contributed by atoms with Crippen molar-refractivity contribution in [2.75, 3.05) is 18.5 Å². The van der Waals surface area contributed by atoms with Gasteiger partial charge in [-0.2, -0.15) is 0 Å². The van der Waals surface area contributed by atoms with Crippen LogP contribution in [-0.4, -0.2) is 19.0 Å². The van der Waals surface area contributed by atoms with E-state index >= 15 is 0 Å². The van der Waals surface area contributed by atoms with Gasteiger partial charge < -0.3 is 16.9 Å². The molecular weight excluding hydrogens is 343 g/mol. The average Bonchev–Trinajstić information content (AvgIpc) is 2.53. The van der Waals surface area contributed by atoms with Crippen LogP contribution in [0, 0.1) is 5.41 Å². The summed E-state index contributed by atoms with van der Waals surface area (Å²) in [5.41, 5.74) is 14.3. The Morgan fingerprint density at radius 3 is 1.88 bits per heavy atom. The van der Waals surface area contributed by atoms with Crippen molar-refractivity contribution in [3.63, 3.8) is 0 Å². The van der Waals surface area contributed by atoms with Crippen LogP contribution in [0.25, 0.3) is 0 Å². The Kier molecular flexibility index (Phi) is 10.5. The molecule has 2 aromatic carbocycles. The molecule has 6 heteroatoms. The van der Waals surface area contributed by atoms with Gasteiger partial charge in [0, 0.05) is 41.5 Å². The van der Waals surface area contributed by atoms with Gasteiger partial charge in [-0.25, -0.2) is 0 Å². The Balaban J connectivity index is 0.000000400. The minimum Gasteiger partial charge on any atom is -0.398 e. The molecule has 0 aromatic heterocycles. The van der Waals surface area contributed by atoms with Crippen LogP contribution in [0.5, 0.6) is 0 Å². The van der Waals surface area contributed by atoms with Crippen molar-refractivity contribution in [1.82, 2.24) is 0 Å². The molecule has 4 nitrogen and oxygen atoms in total. The predicted molar refractivity (Wildman–Crippen MR) is 109 cm³/mol. The van der Waals surface area contributed by atoms with Gasteiger partial charge in [0.25, 0.3) is 0 Å². The van der Waals surface area contributed by atoms with Crippen molar-refractivity contribution >= 4 is 46.5 Å². The third-order valence-corrected chi connectivity index (χ3v) is 3.41. The first-order valence-corrected chi connectivity index (χ1v) is 8.19. The van der Waals surface area contributed by atoms with Crippen LogP contribution < -0.4 is 11.5 Å². The lowest BCUT2D eigenvalue weighted by Gasteiger charge is -2.04. The second-order valence-electron chi connectivity index (χ2n) is 4.46. The maximum Gasteiger partial charge on any atom is 0.0517 e. The highest BCUT2D eigenvalue weighted by atomic mass is 35.5. The number of hydrogen-bond acceptors (Lipinski definition) is 4. The summed E-state index contributed by atoms with van der Waals surface area (Å²) in [4.78, 5) is 3.84. The molecule has 130 valence electrons. The van der Waals surface area contributed by atoms with E-state index in [2.05, 4.69) is 4.99 Å². The number of nitrogen functional groups attached to an aromatic ring is 2. The van der Waals surface area contributed by atoms with E-state index in [-0.39, 0.29) is 0 Å². The Bertz CT molecular complexity index is 657. The van der Waals surface area contributed by atoms with Gasteiger partial charge in [-0.1, -0.05) is 49.2 Å². The first kappa shape index (κ1) is 22.0. The molecule has 0 bridgehead atoms. The second-order valence-corrected chi connectivity index (χ2v) is 5.27. The minimum atomic E-state index is 0.396. The van der Waals surface area contributed by atoms with Crippen molar-refractivity contribution in [3.8, 4) is 0 Å². The summed E-state index contributed by atoms with van der Waals surface area (Å²) >= 11 is 11.6. The number of hydrogen-bond donors (Lipinski definition) is 3. The normalized spacial score (nSPS) is 9.58. The zero-order valence-electron chi connectivity index (χ0n) is 14.4. The van der Waals surface area contributed by atoms with Gasteiger partial charge in [0.2, 0.25) is 0 Å². The summed E-state index contributed by atoms with van der Waals surface area (Å²) < 4.78 is 0. The standard InChI is InChI=1S/2C8H9ClN2.C2H6/c1-11-5-6-7(9)3-2-4-8(6)10;1-5(10)8-6(9)3-2-4-7(8)11;1-2/h2-5H,10H2,1H3;2-4,10H,11H2,1H3;1-2H3. The molecule has 2 aromatic rings. The van der Waals surface area contributed by atoms with Crippen molar-refractivity contribution in [2.24, 2.45) is 4.99 Å². The largest absolute Gasteiger partial charge is 0.398 e. The molecule has 0 unspecified atom stereocenters. The van der Waals surface area contributed by atoms with Gasteiger partial charge in [-0.05, 0) is 31.2 Å². The quantitative estimate of drug-likeness (QED) is 0.496. The first-order chi connectivity index (χ1) is 11.4. The molecule has 2 rings (SSSR count). The van der Waals surface area contributed by atoms with Crippen LogP contribution >= 0.6 is 23.2 Å². The van der Waals surface area contributed by atoms with Crippen LogP contribution in [0.1, 0.15) is 31.9 Å². The molecule has 0 fully saturated rings. The molecule has 5 N–H and O–H groups in total. The van der Waals surface area contributed by atoms with Crippen LogP contribution in [0.15, 0.2) is 41.4 Å². The van der Waals surface area contributed by atoms with Crippen LogP contribution in [0.4, 0.5) is 11.4 Å². The summed E-state index contributed by atoms with van der Waals surface area (Å²) in [7, 11) is 1.68. The average molecular weight is 367 g/mol. The van der Waals surface area contributed by atoms with E-state index < -0.39 is 0 Å². The van der Waals surface area contributed by atoms with Crippen molar-refractivity contribution in [2.45, 2.75) is 20.8 Å². The predicted octanol–water partition coefficient (Wildman–Crippen LogP) is 5.31. The fourth-order valence-electron chi connectivity index (χ4n) is 1.76. The number of aliphatic imine (C=N–C) groups is 1. The monoisotopic (exact) mass is 366 g/mol. The number of nitrogens with two attached hydrogens (primary N) is 2. The lowest BCUT2D eigenvalue weighted by molar-refractivity contribution is 1.45. The molecule has 24 heavy (non-hydrogen) atoms. The fraction of sp³-hybridized carbons (Fsp3) is 0.222. The van der Waals surface area contributed by atoms with E-state index in [1.54, 1.807) is 50.5 Å². The zero-order chi connectivity index (χ0) is 18.7. The third-order valence-electron chi connectivity index (χ3n) is 2.77. The molecule has 0 saturated heterocycles. The molecular formula is C18H24Cl2N4. The highest BCUT2D eigenvalue weighted by Gasteiger charge is 2.04. The van der Waals surface area contributed by atoms with Gasteiger partial charge in [0.05, 0.1) is 10.0 Å². The number of halogens is 2. The Morgan fingerprint density at radius 1 is 1.00 bits per heavy atom. The lowest BCUT2D eigenvalue weighted by atomic mass is 10.1. The van der Waals surface area contributed by atoms with Crippen molar-refractivity contribution < 1.29 is 0 Å². The maximum absolute atomic E-state index is 7.35. The smallest absolute Gasteiger partial charge is 0.0517 e. The van der Waals surface area contributed by atoms with Crippen molar-refractivity contribution in [3.05, 3.63) is 57.6 Å². The first-order valence-electron chi connectivity index (χ1n) is 7.44. The summed E-state index contributed by atoms with van der Waals surface area (Å²) in [5, 5.41) is 8.53. The van der Waals surface area contributed by atoms with Gasteiger partial charge in [-0.3, -0.25) is 4.99 Å². The number of rotatable bonds is 2. The summed E-state index contributed by atoms with van der Waals surface area (Å²) in [6.45, 7) is 5.66. The van der Waals surface area contributed by atoms with Gasteiger partial charge >= 0.3 is 0 Å². The number of benzene rings is 2. The van der Waals surface area contributed by atoms with Gasteiger partial charge in [-0.15, -0.1) is 0 Å². The number of nitrogens with zero attached hydrogens (tertiary/aromatic N) is 1. The second kappa shape index (κ2) is 11.5. The summed E-state index contributed by atoms with van der Waals surface area (Å²) in [6, 6.07) is 10.6. The third kappa shape index (κ3) is 6.60. The van der Waals surface area contributed by atoms with E-state index in [9.17, 15) is 0 Å². The molecule has 0 heterocycles. The zero-order valence-corrected chi connectivity index (χ0v) is 15.9. The fourth-order valence-corrected chi connectivity index (χ4v) is 2.31. The highest BCUT2D eigenvalue weighted by Crippen LogP contribution is 2.21. The summed E-state index contributed by atoms with van der Waals surface area (Å²) in [5.74, 6) is 0. The molecule has 0 aliphatic heterocycles. The highest BCUT2D eigenvalue weighted by molar-refractivity contribution is 6.34. The molecule has 0 saturated carbocycles. The van der Waals surface area contributed by atoms with Crippen LogP contribution in [-0.2, 0) is 0 Å². The molecule has 0 amide bonds. The van der Waals surface area contributed by atoms with Crippen LogP contribution in [0.2, 0.25) is 10.0 Å². The lowest BCUT2D eigenvalue weighted by Crippen LogP contribution is -1.99. The summed E-state index contributed by atoms with van der Waals surface area (Å²) in [6.07, 6.45) is 1.65. The van der Waals surface area contributed by atoms with Crippen molar-refractivity contribution in [1.29, 1.82) is 5.41 Å². The minimum absolute atomic E-state index is 0.396. The Hall–Kier alpha value is -2.04. The maximum atomic E-state index is 7.35. The SMILES string of the molecule is CC.CC(=N)c1c(N)cccc1Cl.CN=Cc1c(N)cccc1Cl. The van der Waals surface area contributed by atoms with E-state index in [0.717, 1.165) is 5.56 Å². The Morgan fingerprint density at radius 2 is 1.50 bits per heavy atom.